The third-order valence-corrected chi connectivity index (χ3v) is 2.92. The lowest BCUT2D eigenvalue weighted by molar-refractivity contribution is 0.102. The van der Waals surface area contributed by atoms with Crippen LogP contribution in [0, 0.1) is 6.92 Å². The van der Waals surface area contributed by atoms with E-state index in [1.165, 1.54) is 6.07 Å². The second-order valence-electron chi connectivity index (χ2n) is 3.94. The summed E-state index contributed by atoms with van der Waals surface area (Å²) in [7, 11) is 0. The predicted molar refractivity (Wildman–Crippen MR) is 72.2 cm³/mol. The molecule has 0 aliphatic rings. The van der Waals surface area contributed by atoms with E-state index in [1.54, 1.807) is 43.3 Å². The van der Waals surface area contributed by atoms with Gasteiger partial charge in [0.15, 0.2) is 0 Å². The highest BCUT2D eigenvalue weighted by Gasteiger charge is 2.09. The van der Waals surface area contributed by atoms with Gasteiger partial charge in [-0.1, -0.05) is 29.8 Å². The molecule has 0 saturated carbocycles. The smallest absolute Gasteiger partial charge is 0.255 e. The Morgan fingerprint density at radius 2 is 1.94 bits per heavy atom. The minimum Gasteiger partial charge on any atom is -0.508 e. The first kappa shape index (κ1) is 12.5. The van der Waals surface area contributed by atoms with E-state index in [0.717, 1.165) is 5.56 Å². The Morgan fingerprint density at radius 3 is 2.61 bits per heavy atom. The number of rotatable bonds is 2. The van der Waals surface area contributed by atoms with Gasteiger partial charge in [-0.2, -0.15) is 0 Å². The number of anilines is 1. The van der Waals surface area contributed by atoms with E-state index in [0.29, 0.717) is 16.3 Å². The van der Waals surface area contributed by atoms with Crippen LogP contribution in [0.5, 0.6) is 5.75 Å². The third-order valence-electron chi connectivity index (χ3n) is 2.59. The minimum atomic E-state index is -0.307. The molecule has 0 saturated heterocycles. The molecule has 1 amide bonds. The van der Waals surface area contributed by atoms with Gasteiger partial charge in [-0.3, -0.25) is 4.79 Å². The zero-order valence-corrected chi connectivity index (χ0v) is 10.5. The molecule has 0 unspecified atom stereocenters. The van der Waals surface area contributed by atoms with Gasteiger partial charge >= 0.3 is 0 Å². The SMILES string of the molecule is Cc1ccc(C(=O)Nc2ccccc2Cl)cc1O. The van der Waals surface area contributed by atoms with Crippen molar-refractivity contribution in [1.82, 2.24) is 0 Å². The Hall–Kier alpha value is -2.00. The lowest BCUT2D eigenvalue weighted by atomic mass is 10.1. The van der Waals surface area contributed by atoms with Crippen molar-refractivity contribution in [1.29, 1.82) is 0 Å². The van der Waals surface area contributed by atoms with E-state index in [-0.39, 0.29) is 11.7 Å². The van der Waals surface area contributed by atoms with Crippen LogP contribution in [0.3, 0.4) is 0 Å². The van der Waals surface area contributed by atoms with Crippen LogP contribution < -0.4 is 5.32 Å². The number of carbonyl (C=O) groups excluding carboxylic acids is 1. The number of amides is 1. The Bertz CT molecular complexity index is 596. The maximum Gasteiger partial charge on any atom is 0.255 e. The number of para-hydroxylation sites is 1. The largest absolute Gasteiger partial charge is 0.508 e. The first-order valence-electron chi connectivity index (χ1n) is 5.43. The van der Waals surface area contributed by atoms with E-state index in [2.05, 4.69) is 5.32 Å². The molecule has 4 heteroatoms. The van der Waals surface area contributed by atoms with Gasteiger partial charge in [0.05, 0.1) is 10.7 Å². The van der Waals surface area contributed by atoms with Crippen LogP contribution in [0.25, 0.3) is 0 Å². The average molecular weight is 262 g/mol. The monoisotopic (exact) mass is 261 g/mol. The Balaban J connectivity index is 2.22. The predicted octanol–water partition coefficient (Wildman–Crippen LogP) is 3.61. The maximum absolute atomic E-state index is 11.9. The molecule has 0 radical (unpaired) electrons. The fourth-order valence-corrected chi connectivity index (χ4v) is 1.69. The van der Waals surface area contributed by atoms with Crippen LogP contribution in [-0.2, 0) is 0 Å². The minimum absolute atomic E-state index is 0.0989. The van der Waals surface area contributed by atoms with E-state index < -0.39 is 0 Å². The van der Waals surface area contributed by atoms with Gasteiger partial charge in [0.25, 0.3) is 5.91 Å². The second-order valence-corrected chi connectivity index (χ2v) is 4.34. The number of halogens is 1. The number of aromatic hydroxyl groups is 1. The molecule has 0 fully saturated rings. The van der Waals surface area contributed by atoms with Gasteiger partial charge in [-0.15, -0.1) is 0 Å². The molecule has 3 nitrogen and oxygen atoms in total. The summed E-state index contributed by atoms with van der Waals surface area (Å²) in [6, 6.07) is 11.8. The van der Waals surface area contributed by atoms with Gasteiger partial charge in [-0.05, 0) is 36.8 Å². The molecule has 2 N–H and O–H groups in total. The van der Waals surface area contributed by atoms with Crippen LogP contribution >= 0.6 is 11.6 Å². The zero-order valence-electron chi connectivity index (χ0n) is 9.77. The number of phenolic OH excluding ortho intramolecular Hbond substituents is 1. The molecule has 2 aromatic rings. The number of hydrogen-bond donors (Lipinski definition) is 2. The van der Waals surface area contributed by atoms with Crippen molar-refractivity contribution < 1.29 is 9.90 Å². The summed E-state index contributed by atoms with van der Waals surface area (Å²) in [4.78, 5) is 11.9. The molecule has 0 aromatic heterocycles. The third kappa shape index (κ3) is 2.63. The summed E-state index contributed by atoms with van der Waals surface area (Å²) in [6.07, 6.45) is 0. The molecule has 2 rings (SSSR count). The molecule has 92 valence electrons. The molecule has 0 spiro atoms. The summed E-state index contributed by atoms with van der Waals surface area (Å²) in [5.74, 6) is -0.208. The van der Waals surface area contributed by atoms with Gasteiger partial charge in [0.1, 0.15) is 5.75 Å². The van der Waals surface area contributed by atoms with E-state index in [4.69, 9.17) is 11.6 Å². The van der Waals surface area contributed by atoms with Crippen LogP contribution in [0.1, 0.15) is 15.9 Å². The number of carbonyl (C=O) groups is 1. The van der Waals surface area contributed by atoms with Gasteiger partial charge in [0.2, 0.25) is 0 Å². The zero-order chi connectivity index (χ0) is 13.1. The molecule has 0 heterocycles. The highest BCUT2D eigenvalue weighted by atomic mass is 35.5. The Morgan fingerprint density at radius 1 is 1.22 bits per heavy atom. The van der Waals surface area contributed by atoms with Crippen molar-refractivity contribution in [3.63, 3.8) is 0 Å². The van der Waals surface area contributed by atoms with Gasteiger partial charge in [-0.25, -0.2) is 0 Å². The van der Waals surface area contributed by atoms with E-state index in [1.807, 2.05) is 0 Å². The first-order valence-corrected chi connectivity index (χ1v) is 5.81. The standard InChI is InChI=1S/C14H12ClNO2/c1-9-6-7-10(8-13(9)17)14(18)16-12-5-3-2-4-11(12)15/h2-8,17H,1H3,(H,16,18). The molecule has 0 bridgehead atoms. The number of nitrogens with one attached hydrogen (secondary N) is 1. The van der Waals surface area contributed by atoms with Crippen LogP contribution in [-0.4, -0.2) is 11.0 Å². The van der Waals surface area contributed by atoms with E-state index >= 15 is 0 Å². The number of hydrogen-bond acceptors (Lipinski definition) is 2. The van der Waals surface area contributed by atoms with E-state index in [9.17, 15) is 9.90 Å². The fraction of sp³-hybridized carbons (Fsp3) is 0.0714. The molecular formula is C14H12ClNO2. The van der Waals surface area contributed by atoms with Crippen LogP contribution in [0.4, 0.5) is 5.69 Å². The Labute approximate surface area is 110 Å². The van der Waals surface area contributed by atoms with Crippen LogP contribution in [0.2, 0.25) is 5.02 Å². The summed E-state index contributed by atoms with van der Waals surface area (Å²) in [5, 5.41) is 12.7. The van der Waals surface area contributed by atoms with Gasteiger partial charge in [0, 0.05) is 5.56 Å². The molecule has 18 heavy (non-hydrogen) atoms. The van der Waals surface area contributed by atoms with Crippen molar-refractivity contribution in [2.24, 2.45) is 0 Å². The quantitative estimate of drug-likeness (QED) is 0.868. The fourth-order valence-electron chi connectivity index (χ4n) is 1.51. The average Bonchev–Trinajstić information content (AvgIpc) is 2.35. The number of benzene rings is 2. The molecule has 2 aromatic carbocycles. The number of aryl methyl sites for hydroxylation is 1. The molecular weight excluding hydrogens is 250 g/mol. The van der Waals surface area contributed by atoms with Crippen molar-refractivity contribution in [2.45, 2.75) is 6.92 Å². The summed E-state index contributed by atoms with van der Waals surface area (Å²) < 4.78 is 0. The number of phenols is 1. The van der Waals surface area contributed by atoms with Crippen LogP contribution in [0.15, 0.2) is 42.5 Å². The van der Waals surface area contributed by atoms with Gasteiger partial charge < -0.3 is 10.4 Å². The normalized spacial score (nSPS) is 10.1. The highest BCUT2D eigenvalue weighted by molar-refractivity contribution is 6.33. The molecule has 0 atom stereocenters. The molecule has 0 aliphatic heterocycles. The lowest BCUT2D eigenvalue weighted by Gasteiger charge is -2.07. The summed E-state index contributed by atoms with van der Waals surface area (Å²) in [5.41, 5.74) is 1.66. The Kier molecular flexibility index (Phi) is 3.53. The lowest BCUT2D eigenvalue weighted by Crippen LogP contribution is -2.12. The second kappa shape index (κ2) is 5.10. The first-order chi connectivity index (χ1) is 8.58. The maximum atomic E-state index is 11.9. The van der Waals surface area contributed by atoms with Crippen molar-refractivity contribution >= 4 is 23.2 Å². The molecule has 0 aliphatic carbocycles. The summed E-state index contributed by atoms with van der Waals surface area (Å²) in [6.45, 7) is 1.77. The highest BCUT2D eigenvalue weighted by Crippen LogP contribution is 2.22. The topological polar surface area (TPSA) is 49.3 Å². The summed E-state index contributed by atoms with van der Waals surface area (Å²) >= 11 is 5.95. The van der Waals surface area contributed by atoms with Crippen molar-refractivity contribution in [3.8, 4) is 5.75 Å². The van der Waals surface area contributed by atoms with Crippen molar-refractivity contribution in [2.75, 3.05) is 5.32 Å². The van der Waals surface area contributed by atoms with Crippen molar-refractivity contribution in [3.05, 3.63) is 58.6 Å².